The zero-order valence-corrected chi connectivity index (χ0v) is 7.14. The van der Waals surface area contributed by atoms with Crippen LogP contribution in [0, 0.1) is 17.2 Å². The Labute approximate surface area is 74.5 Å². The van der Waals surface area contributed by atoms with Gasteiger partial charge in [0.2, 0.25) is 5.79 Å². The number of alkyl halides is 2. The van der Waals surface area contributed by atoms with Crippen LogP contribution >= 0.6 is 23.2 Å². The van der Waals surface area contributed by atoms with E-state index < -0.39 is 16.5 Å². The van der Waals surface area contributed by atoms with Gasteiger partial charge in [-0.05, 0) is 6.42 Å². The zero-order valence-electron chi connectivity index (χ0n) is 5.63. The van der Waals surface area contributed by atoms with Gasteiger partial charge in [-0.3, -0.25) is 0 Å². The molecule has 5 heteroatoms. The van der Waals surface area contributed by atoms with Crippen LogP contribution in [-0.4, -0.2) is 22.3 Å². The molecule has 0 aromatic heterocycles. The molecule has 1 aliphatic heterocycles. The van der Waals surface area contributed by atoms with Crippen LogP contribution in [0.3, 0.4) is 0 Å². The first-order chi connectivity index (χ1) is 5.11. The lowest BCUT2D eigenvalue weighted by molar-refractivity contribution is -0.174. The lowest BCUT2D eigenvalue weighted by Crippen LogP contribution is -2.41. The number of hydrogen-bond acceptors (Lipinski definition) is 3. The monoisotopic (exact) mass is 195 g/mol. The molecule has 0 aliphatic carbocycles. The first kappa shape index (κ1) is 9.08. The lowest BCUT2D eigenvalue weighted by atomic mass is 10.0. The van der Waals surface area contributed by atoms with Gasteiger partial charge in [0.15, 0.2) is 4.84 Å². The highest BCUT2D eigenvalue weighted by atomic mass is 35.5. The molecule has 1 heterocycles. The third kappa shape index (κ3) is 1.45. The third-order valence-corrected chi connectivity index (χ3v) is 2.33. The van der Waals surface area contributed by atoms with Gasteiger partial charge < -0.3 is 9.84 Å². The molecular formula is C6H7Cl2NO2. The van der Waals surface area contributed by atoms with Crippen molar-refractivity contribution in [2.24, 2.45) is 5.92 Å². The molecule has 1 rings (SSSR count). The zero-order chi connectivity index (χ0) is 8.48. The standard InChI is InChI=1S/C6H7Cl2NO2/c7-5(8)6(10)4(3-9)1-2-11-6/h4-5,10H,1-2H2. The maximum Gasteiger partial charge on any atom is 0.212 e. The number of hydrogen-bond donors (Lipinski definition) is 1. The number of nitrogens with zero attached hydrogens (tertiary/aromatic N) is 1. The van der Waals surface area contributed by atoms with Gasteiger partial charge in [-0.2, -0.15) is 5.26 Å². The van der Waals surface area contributed by atoms with Gasteiger partial charge in [0.05, 0.1) is 12.7 Å². The van der Waals surface area contributed by atoms with E-state index in [1.165, 1.54) is 0 Å². The molecule has 11 heavy (non-hydrogen) atoms. The average molecular weight is 196 g/mol. The largest absolute Gasteiger partial charge is 0.362 e. The molecule has 1 saturated heterocycles. The summed E-state index contributed by atoms with van der Waals surface area (Å²) in [5.74, 6) is -2.29. The van der Waals surface area contributed by atoms with Crippen molar-refractivity contribution >= 4 is 23.2 Å². The molecule has 1 N–H and O–H groups in total. The highest BCUT2D eigenvalue weighted by molar-refractivity contribution is 6.45. The van der Waals surface area contributed by atoms with Crippen molar-refractivity contribution in [1.29, 1.82) is 5.26 Å². The molecule has 0 radical (unpaired) electrons. The van der Waals surface area contributed by atoms with E-state index in [1.54, 1.807) is 0 Å². The summed E-state index contributed by atoms with van der Waals surface area (Å²) < 4.78 is 4.87. The summed E-state index contributed by atoms with van der Waals surface area (Å²) in [7, 11) is 0. The first-order valence-electron chi connectivity index (χ1n) is 3.15. The van der Waals surface area contributed by atoms with E-state index in [4.69, 9.17) is 33.2 Å². The molecule has 1 fully saturated rings. The summed E-state index contributed by atoms with van der Waals surface area (Å²) in [5, 5.41) is 18.1. The van der Waals surface area contributed by atoms with E-state index in [1.807, 2.05) is 6.07 Å². The van der Waals surface area contributed by atoms with Gasteiger partial charge in [0, 0.05) is 0 Å². The van der Waals surface area contributed by atoms with Crippen LogP contribution in [0.2, 0.25) is 0 Å². The van der Waals surface area contributed by atoms with E-state index >= 15 is 0 Å². The third-order valence-electron chi connectivity index (χ3n) is 1.71. The fraction of sp³-hybridized carbons (Fsp3) is 0.833. The van der Waals surface area contributed by atoms with Crippen LogP contribution in [0.1, 0.15) is 6.42 Å². The van der Waals surface area contributed by atoms with Gasteiger partial charge in [0.1, 0.15) is 5.92 Å². The maximum atomic E-state index is 9.52. The van der Waals surface area contributed by atoms with E-state index in [0.717, 1.165) is 0 Å². The Morgan fingerprint density at radius 3 is 2.73 bits per heavy atom. The second-order valence-electron chi connectivity index (χ2n) is 2.37. The minimum atomic E-state index is -1.67. The molecule has 0 bridgehead atoms. The molecule has 2 unspecified atom stereocenters. The molecule has 0 saturated carbocycles. The van der Waals surface area contributed by atoms with Crippen LogP contribution in [0.15, 0.2) is 0 Å². The van der Waals surface area contributed by atoms with Crippen molar-refractivity contribution in [2.45, 2.75) is 17.0 Å². The van der Waals surface area contributed by atoms with E-state index in [9.17, 15) is 5.11 Å². The fourth-order valence-corrected chi connectivity index (χ4v) is 1.45. The second-order valence-corrected chi connectivity index (χ2v) is 3.47. The number of aliphatic hydroxyl groups is 1. The number of halogens is 2. The van der Waals surface area contributed by atoms with Gasteiger partial charge >= 0.3 is 0 Å². The Morgan fingerprint density at radius 1 is 1.73 bits per heavy atom. The molecule has 0 amide bonds. The lowest BCUT2D eigenvalue weighted by Gasteiger charge is -2.25. The normalized spacial score (nSPS) is 37.5. The molecule has 0 aromatic carbocycles. The molecule has 62 valence electrons. The molecule has 0 spiro atoms. The summed E-state index contributed by atoms with van der Waals surface area (Å²) in [5.41, 5.74) is 0. The smallest absolute Gasteiger partial charge is 0.212 e. The van der Waals surface area contributed by atoms with Crippen LogP contribution in [0.25, 0.3) is 0 Å². The van der Waals surface area contributed by atoms with Crippen LogP contribution in [0.5, 0.6) is 0 Å². The Balaban J connectivity index is 2.77. The highest BCUT2D eigenvalue weighted by Gasteiger charge is 2.48. The van der Waals surface area contributed by atoms with Gasteiger partial charge in [-0.25, -0.2) is 0 Å². The van der Waals surface area contributed by atoms with E-state index in [0.29, 0.717) is 13.0 Å². The fourth-order valence-electron chi connectivity index (χ4n) is 1.02. The molecular weight excluding hydrogens is 189 g/mol. The van der Waals surface area contributed by atoms with Crippen molar-refractivity contribution in [3.8, 4) is 6.07 Å². The predicted molar refractivity (Wildman–Crippen MR) is 40.1 cm³/mol. The number of nitriles is 1. The van der Waals surface area contributed by atoms with Crippen molar-refractivity contribution in [1.82, 2.24) is 0 Å². The van der Waals surface area contributed by atoms with Crippen molar-refractivity contribution in [3.63, 3.8) is 0 Å². The minimum absolute atomic E-state index is 0.324. The Hall–Kier alpha value is -0.0100. The van der Waals surface area contributed by atoms with Gasteiger partial charge in [0.25, 0.3) is 0 Å². The first-order valence-corrected chi connectivity index (χ1v) is 4.02. The Bertz CT molecular complexity index is 192. The second kappa shape index (κ2) is 3.16. The number of ether oxygens (including phenoxy) is 1. The molecule has 0 aromatic rings. The summed E-state index contributed by atoms with van der Waals surface area (Å²) >= 11 is 10.9. The topological polar surface area (TPSA) is 53.2 Å². The van der Waals surface area contributed by atoms with Gasteiger partial charge in [-0.1, -0.05) is 23.2 Å². The van der Waals surface area contributed by atoms with Crippen molar-refractivity contribution in [2.75, 3.05) is 6.61 Å². The van der Waals surface area contributed by atoms with Crippen LogP contribution in [-0.2, 0) is 4.74 Å². The average Bonchev–Trinajstić information content (AvgIpc) is 2.32. The maximum absolute atomic E-state index is 9.52. The van der Waals surface area contributed by atoms with E-state index in [2.05, 4.69) is 0 Å². The molecule has 1 aliphatic rings. The van der Waals surface area contributed by atoms with Crippen molar-refractivity contribution < 1.29 is 9.84 Å². The summed E-state index contributed by atoms with van der Waals surface area (Å²) in [6.07, 6.45) is 0.475. The molecule has 3 nitrogen and oxygen atoms in total. The SMILES string of the molecule is N#CC1CCOC1(O)C(Cl)Cl. The summed E-state index contributed by atoms with van der Waals surface area (Å²) in [4.78, 5) is -1.07. The molecule has 2 atom stereocenters. The minimum Gasteiger partial charge on any atom is -0.362 e. The quantitative estimate of drug-likeness (QED) is 0.637. The highest BCUT2D eigenvalue weighted by Crippen LogP contribution is 2.36. The summed E-state index contributed by atoms with van der Waals surface area (Å²) in [6, 6.07) is 1.89. The summed E-state index contributed by atoms with van der Waals surface area (Å²) in [6.45, 7) is 0.324. The number of rotatable bonds is 1. The predicted octanol–water partition coefficient (Wildman–Crippen LogP) is 1.04. The Kier molecular flexibility index (Phi) is 2.61. The van der Waals surface area contributed by atoms with Crippen molar-refractivity contribution in [3.05, 3.63) is 0 Å². The van der Waals surface area contributed by atoms with Crippen LogP contribution in [0.4, 0.5) is 0 Å². The van der Waals surface area contributed by atoms with Crippen LogP contribution < -0.4 is 0 Å². The van der Waals surface area contributed by atoms with E-state index in [-0.39, 0.29) is 0 Å². The van der Waals surface area contributed by atoms with Gasteiger partial charge in [-0.15, -0.1) is 0 Å². The Morgan fingerprint density at radius 2 is 2.36 bits per heavy atom.